The summed E-state index contributed by atoms with van der Waals surface area (Å²) in [6.07, 6.45) is 0. The monoisotopic (exact) mass is 602 g/mol. The van der Waals surface area contributed by atoms with Crippen LogP contribution in [0, 0.1) is 7.14 Å². The first-order valence-electron chi connectivity index (χ1n) is 10.1. The van der Waals surface area contributed by atoms with E-state index in [2.05, 4.69) is 125 Å². The van der Waals surface area contributed by atoms with Crippen molar-refractivity contribution in [3.8, 4) is 0 Å². The molecule has 2 rings (SSSR count). The summed E-state index contributed by atoms with van der Waals surface area (Å²) in [7, 11) is 0. The van der Waals surface area contributed by atoms with Crippen molar-refractivity contribution in [2.75, 3.05) is 0 Å². The molecule has 0 saturated carbocycles. The smallest absolute Gasteiger partial charge is 0.0926 e. The van der Waals surface area contributed by atoms with Crippen molar-refractivity contribution in [2.24, 2.45) is 10.2 Å². The fourth-order valence-electron chi connectivity index (χ4n) is 3.38. The highest BCUT2D eigenvalue weighted by Gasteiger charge is 2.18. The predicted octanol–water partition coefficient (Wildman–Crippen LogP) is 9.80. The lowest BCUT2D eigenvalue weighted by atomic mass is 9.92. The second-order valence-corrected chi connectivity index (χ2v) is 11.2. The highest BCUT2D eigenvalue weighted by molar-refractivity contribution is 14.1. The zero-order valence-corrected chi connectivity index (χ0v) is 22.6. The van der Waals surface area contributed by atoms with E-state index >= 15 is 0 Å². The molecule has 4 heteroatoms. The average molecular weight is 602 g/mol. The van der Waals surface area contributed by atoms with Gasteiger partial charge >= 0.3 is 0 Å². The molecular formula is C24H32I2N2. The molecule has 0 aliphatic rings. The van der Waals surface area contributed by atoms with Crippen molar-refractivity contribution >= 4 is 56.6 Å². The van der Waals surface area contributed by atoms with Gasteiger partial charge in [-0.2, -0.15) is 0 Å². The fraction of sp³-hybridized carbons (Fsp3) is 0.500. The lowest BCUT2D eigenvalue weighted by Crippen LogP contribution is -1.98. The Morgan fingerprint density at radius 2 is 0.714 bits per heavy atom. The van der Waals surface area contributed by atoms with Gasteiger partial charge in [0, 0.05) is 7.14 Å². The van der Waals surface area contributed by atoms with E-state index in [1.54, 1.807) is 0 Å². The topological polar surface area (TPSA) is 24.7 Å². The zero-order chi connectivity index (χ0) is 21.2. The Bertz CT molecular complexity index is 735. The minimum atomic E-state index is 0.409. The molecule has 0 aromatic heterocycles. The summed E-state index contributed by atoms with van der Waals surface area (Å²) in [4.78, 5) is 0. The lowest BCUT2D eigenvalue weighted by molar-refractivity contribution is 0.818. The van der Waals surface area contributed by atoms with Gasteiger partial charge in [0.05, 0.1) is 11.4 Å². The van der Waals surface area contributed by atoms with Gasteiger partial charge < -0.3 is 0 Å². The Morgan fingerprint density at radius 3 is 0.893 bits per heavy atom. The van der Waals surface area contributed by atoms with Gasteiger partial charge in [0.2, 0.25) is 0 Å². The number of benzene rings is 2. The summed E-state index contributed by atoms with van der Waals surface area (Å²) in [5, 5.41) is 9.79. The molecule has 0 unspecified atom stereocenters. The third-order valence-electron chi connectivity index (χ3n) is 5.01. The average Bonchev–Trinajstić information content (AvgIpc) is 2.59. The van der Waals surface area contributed by atoms with Crippen molar-refractivity contribution in [1.29, 1.82) is 0 Å². The Labute approximate surface area is 198 Å². The van der Waals surface area contributed by atoms with Gasteiger partial charge in [-0.3, -0.25) is 0 Å². The third kappa shape index (κ3) is 5.55. The van der Waals surface area contributed by atoms with Gasteiger partial charge in [0.15, 0.2) is 0 Å². The Kier molecular flexibility index (Phi) is 8.50. The number of halogens is 2. The number of hydrogen-bond acceptors (Lipinski definition) is 2. The van der Waals surface area contributed by atoms with E-state index in [0.29, 0.717) is 23.7 Å². The second-order valence-electron chi connectivity index (χ2n) is 8.68. The minimum Gasteiger partial charge on any atom is -0.150 e. The van der Waals surface area contributed by atoms with E-state index in [0.717, 1.165) is 11.4 Å². The number of nitrogens with zero attached hydrogens (tertiary/aromatic N) is 2. The van der Waals surface area contributed by atoms with Crippen molar-refractivity contribution in [3.63, 3.8) is 0 Å². The fourth-order valence-corrected chi connectivity index (χ4v) is 4.72. The maximum atomic E-state index is 4.89. The molecule has 0 radical (unpaired) electrons. The van der Waals surface area contributed by atoms with Gasteiger partial charge in [-0.15, -0.1) is 10.2 Å². The van der Waals surface area contributed by atoms with E-state index in [4.69, 9.17) is 10.2 Å². The van der Waals surface area contributed by atoms with Crippen LogP contribution in [-0.4, -0.2) is 0 Å². The van der Waals surface area contributed by atoms with Crippen LogP contribution in [-0.2, 0) is 0 Å². The van der Waals surface area contributed by atoms with Crippen LogP contribution >= 0.6 is 45.2 Å². The molecule has 0 aliphatic carbocycles. The van der Waals surface area contributed by atoms with Crippen molar-refractivity contribution in [2.45, 2.75) is 79.1 Å². The van der Waals surface area contributed by atoms with Crippen LogP contribution in [0.3, 0.4) is 0 Å². The molecule has 2 aromatic rings. The van der Waals surface area contributed by atoms with Gasteiger partial charge in [0.25, 0.3) is 0 Å². The predicted molar refractivity (Wildman–Crippen MR) is 139 cm³/mol. The van der Waals surface area contributed by atoms with Crippen molar-refractivity contribution in [3.05, 3.63) is 53.7 Å². The standard InChI is InChI=1S/C24H32I2N2/c1-13(2)19-9-17(25)10-20(14(3)4)23(19)27-28-24-21(15(5)6)11-18(26)12-22(24)16(7)8/h9-16H,1-8H3. The highest BCUT2D eigenvalue weighted by Crippen LogP contribution is 2.41. The summed E-state index contributed by atoms with van der Waals surface area (Å²) in [6, 6.07) is 9.02. The first-order valence-corrected chi connectivity index (χ1v) is 12.3. The molecule has 2 nitrogen and oxygen atoms in total. The van der Waals surface area contributed by atoms with Crippen molar-refractivity contribution < 1.29 is 0 Å². The summed E-state index contributed by atoms with van der Waals surface area (Å²) < 4.78 is 2.54. The van der Waals surface area contributed by atoms with Crippen LogP contribution in [0.25, 0.3) is 0 Å². The molecule has 0 amide bonds. The molecule has 0 N–H and O–H groups in total. The maximum Gasteiger partial charge on any atom is 0.0926 e. The Morgan fingerprint density at radius 1 is 0.500 bits per heavy atom. The Hall–Kier alpha value is -0.500. The molecule has 0 fully saturated rings. The van der Waals surface area contributed by atoms with Crippen LogP contribution in [0.1, 0.15) is 101 Å². The third-order valence-corrected chi connectivity index (χ3v) is 6.25. The van der Waals surface area contributed by atoms with Crippen LogP contribution in [0.5, 0.6) is 0 Å². The molecule has 0 bridgehead atoms. The van der Waals surface area contributed by atoms with Gasteiger partial charge in [0.1, 0.15) is 0 Å². The van der Waals surface area contributed by atoms with E-state index in [1.165, 1.54) is 29.4 Å². The molecule has 152 valence electrons. The molecule has 0 aliphatic heterocycles. The summed E-state index contributed by atoms with van der Waals surface area (Å²) in [5.74, 6) is 1.64. The van der Waals surface area contributed by atoms with Gasteiger partial charge in [-0.1, -0.05) is 55.4 Å². The van der Waals surface area contributed by atoms with Gasteiger partial charge in [-0.25, -0.2) is 0 Å². The van der Waals surface area contributed by atoms with Crippen LogP contribution < -0.4 is 0 Å². The summed E-state index contributed by atoms with van der Waals surface area (Å²) in [5.41, 5.74) is 7.22. The molecule has 28 heavy (non-hydrogen) atoms. The summed E-state index contributed by atoms with van der Waals surface area (Å²) >= 11 is 4.83. The van der Waals surface area contributed by atoms with Crippen molar-refractivity contribution in [1.82, 2.24) is 0 Å². The molecule has 2 aromatic carbocycles. The van der Waals surface area contributed by atoms with E-state index in [-0.39, 0.29) is 0 Å². The van der Waals surface area contributed by atoms with Gasteiger partial charge in [-0.05, 0) is 115 Å². The number of rotatable bonds is 6. The van der Waals surface area contributed by atoms with E-state index < -0.39 is 0 Å². The first-order chi connectivity index (χ1) is 13.0. The molecule has 0 saturated heterocycles. The zero-order valence-electron chi connectivity index (χ0n) is 18.3. The van der Waals surface area contributed by atoms with Crippen LogP contribution in [0.2, 0.25) is 0 Å². The lowest BCUT2D eigenvalue weighted by Gasteiger charge is -2.19. The second kappa shape index (κ2) is 10.0. The molecular weight excluding hydrogens is 570 g/mol. The Balaban J connectivity index is 2.73. The van der Waals surface area contributed by atoms with E-state index in [9.17, 15) is 0 Å². The SMILES string of the molecule is CC(C)c1cc(I)cc(C(C)C)c1N=Nc1c(C(C)C)cc(I)cc1C(C)C. The quantitative estimate of drug-likeness (QED) is 0.232. The molecule has 0 spiro atoms. The number of azo groups is 1. The largest absolute Gasteiger partial charge is 0.150 e. The maximum absolute atomic E-state index is 4.89. The summed E-state index contributed by atoms with van der Waals surface area (Å²) in [6.45, 7) is 17.9. The molecule has 0 atom stereocenters. The van der Waals surface area contributed by atoms with Crippen LogP contribution in [0.15, 0.2) is 34.5 Å². The van der Waals surface area contributed by atoms with Crippen LogP contribution in [0.4, 0.5) is 11.4 Å². The highest BCUT2D eigenvalue weighted by atomic mass is 127. The minimum absolute atomic E-state index is 0.409. The first kappa shape index (κ1) is 23.8. The molecule has 0 heterocycles. The number of hydrogen-bond donors (Lipinski definition) is 0. The van der Waals surface area contributed by atoms with E-state index in [1.807, 2.05) is 0 Å². The normalized spacial score (nSPS) is 12.4.